The molecule has 174 valence electrons. The van der Waals surface area contributed by atoms with Crippen LogP contribution in [-0.2, 0) is 12.8 Å². The maximum absolute atomic E-state index is 13.7. The van der Waals surface area contributed by atoms with Crippen LogP contribution < -0.4 is 0 Å². The van der Waals surface area contributed by atoms with E-state index >= 15 is 0 Å². The van der Waals surface area contributed by atoms with Gasteiger partial charge in [-0.2, -0.15) is 13.2 Å². The van der Waals surface area contributed by atoms with Gasteiger partial charge in [-0.05, 0) is 90.0 Å². The lowest BCUT2D eigenvalue weighted by atomic mass is 9.87. The van der Waals surface area contributed by atoms with Crippen LogP contribution in [0.4, 0.5) is 17.6 Å². The maximum Gasteiger partial charge on any atom is 0.416 e. The lowest BCUT2D eigenvalue weighted by Crippen LogP contribution is -2.37. The lowest BCUT2D eigenvalue weighted by molar-refractivity contribution is -0.137. The number of benzene rings is 3. The van der Waals surface area contributed by atoms with Crippen molar-refractivity contribution in [2.75, 3.05) is 13.1 Å². The van der Waals surface area contributed by atoms with Crippen LogP contribution in [0.3, 0.4) is 0 Å². The van der Waals surface area contributed by atoms with Crippen LogP contribution in [0.25, 0.3) is 11.1 Å². The summed E-state index contributed by atoms with van der Waals surface area (Å²) in [5.74, 6) is 0.310. The normalized spacial score (nSPS) is 16.7. The van der Waals surface area contributed by atoms with Crippen LogP contribution in [0.5, 0.6) is 0 Å². The summed E-state index contributed by atoms with van der Waals surface area (Å²) in [7, 11) is 0. The number of rotatable bonds is 5. The summed E-state index contributed by atoms with van der Waals surface area (Å²) in [6.45, 7) is 3.80. The third-order valence-corrected chi connectivity index (χ3v) is 6.49. The van der Waals surface area contributed by atoms with Crippen molar-refractivity contribution in [2.45, 2.75) is 38.6 Å². The monoisotopic (exact) mass is 457 g/mol. The Bertz CT molecular complexity index is 1070. The molecular weight excluding hydrogens is 430 g/mol. The van der Waals surface area contributed by atoms with Gasteiger partial charge < -0.3 is 5.11 Å². The third kappa shape index (κ3) is 5.28. The molecular formula is C27H27F4NO. The van der Waals surface area contributed by atoms with E-state index in [-0.39, 0.29) is 18.5 Å². The third-order valence-electron chi connectivity index (χ3n) is 6.49. The fourth-order valence-electron chi connectivity index (χ4n) is 4.55. The highest BCUT2D eigenvalue weighted by Gasteiger charge is 2.31. The molecule has 0 spiro atoms. The van der Waals surface area contributed by atoms with E-state index in [1.807, 2.05) is 18.2 Å². The van der Waals surface area contributed by atoms with Gasteiger partial charge in [0.1, 0.15) is 5.82 Å². The molecule has 1 fully saturated rings. The summed E-state index contributed by atoms with van der Waals surface area (Å²) >= 11 is 0. The van der Waals surface area contributed by atoms with Gasteiger partial charge in [0.25, 0.3) is 0 Å². The highest BCUT2D eigenvalue weighted by molar-refractivity contribution is 5.70. The molecule has 1 unspecified atom stereocenters. The van der Waals surface area contributed by atoms with Gasteiger partial charge in [-0.25, -0.2) is 4.39 Å². The molecule has 0 aliphatic carbocycles. The summed E-state index contributed by atoms with van der Waals surface area (Å²) in [5.41, 5.74) is 3.24. The number of nitrogens with zero attached hydrogens (tertiary/aromatic N) is 1. The van der Waals surface area contributed by atoms with Crippen molar-refractivity contribution >= 4 is 0 Å². The molecule has 0 radical (unpaired) electrons. The van der Waals surface area contributed by atoms with E-state index in [4.69, 9.17) is 0 Å². The molecule has 3 aromatic rings. The van der Waals surface area contributed by atoms with Crippen molar-refractivity contribution in [2.24, 2.45) is 5.92 Å². The topological polar surface area (TPSA) is 23.5 Å². The Morgan fingerprint density at radius 1 is 0.939 bits per heavy atom. The molecule has 1 atom stereocenters. The Morgan fingerprint density at radius 2 is 1.58 bits per heavy atom. The number of hydrogen-bond acceptors (Lipinski definition) is 2. The second-order valence-electron chi connectivity index (χ2n) is 8.83. The maximum atomic E-state index is 13.7. The van der Waals surface area contributed by atoms with Crippen LogP contribution in [-0.4, -0.2) is 23.1 Å². The van der Waals surface area contributed by atoms with Gasteiger partial charge in [0, 0.05) is 0 Å². The molecule has 6 heteroatoms. The van der Waals surface area contributed by atoms with Crippen molar-refractivity contribution in [3.63, 3.8) is 0 Å². The number of piperidine rings is 1. The van der Waals surface area contributed by atoms with Gasteiger partial charge in [0.2, 0.25) is 0 Å². The molecule has 3 aromatic carbocycles. The second kappa shape index (κ2) is 9.65. The molecule has 0 bridgehead atoms. The van der Waals surface area contributed by atoms with Gasteiger partial charge in [-0.15, -0.1) is 0 Å². The highest BCUT2D eigenvalue weighted by Crippen LogP contribution is 2.39. The number of aliphatic hydroxyl groups excluding tert-OH is 1. The fourth-order valence-corrected chi connectivity index (χ4v) is 4.55. The van der Waals surface area contributed by atoms with Crippen molar-refractivity contribution < 1.29 is 22.7 Å². The number of likely N-dealkylation sites (tertiary alicyclic amines) is 1. The number of alkyl halides is 3. The van der Waals surface area contributed by atoms with Crippen LogP contribution in [0.15, 0.2) is 66.7 Å². The van der Waals surface area contributed by atoms with E-state index in [1.54, 1.807) is 12.1 Å². The van der Waals surface area contributed by atoms with Gasteiger partial charge >= 0.3 is 6.18 Å². The standard InChI is InChI=1S/C27H27F4NO/c1-18-12-14-32(15-13-18)26(21-5-9-23(28)10-6-21)24-11-2-19(17-33)16-25(24)20-3-7-22(8-4-20)27(29,30)31/h2-11,16,18,26,33H,12-15,17H2,1H3. The SMILES string of the molecule is CC1CCN(C(c2ccc(F)cc2)c2ccc(CO)cc2-c2ccc(C(F)(F)F)cc2)CC1. The van der Waals surface area contributed by atoms with E-state index in [2.05, 4.69) is 11.8 Å². The Hall–Kier alpha value is -2.70. The summed E-state index contributed by atoms with van der Waals surface area (Å²) in [6.07, 6.45) is -2.32. The van der Waals surface area contributed by atoms with Crippen molar-refractivity contribution in [1.82, 2.24) is 4.90 Å². The Morgan fingerprint density at radius 3 is 2.15 bits per heavy atom. The number of aliphatic hydroxyl groups is 1. The molecule has 0 aromatic heterocycles. The molecule has 2 nitrogen and oxygen atoms in total. The zero-order valence-electron chi connectivity index (χ0n) is 18.4. The van der Waals surface area contributed by atoms with Gasteiger partial charge in [-0.3, -0.25) is 4.90 Å². The van der Waals surface area contributed by atoms with Crippen LogP contribution in [0, 0.1) is 11.7 Å². The van der Waals surface area contributed by atoms with E-state index < -0.39 is 11.7 Å². The number of hydrogen-bond donors (Lipinski definition) is 1. The van der Waals surface area contributed by atoms with Crippen molar-refractivity contribution in [3.8, 4) is 11.1 Å². The van der Waals surface area contributed by atoms with Crippen LogP contribution in [0.2, 0.25) is 0 Å². The van der Waals surface area contributed by atoms with E-state index in [1.165, 1.54) is 24.3 Å². The first kappa shape index (κ1) is 23.5. The van der Waals surface area contributed by atoms with Crippen LogP contribution >= 0.6 is 0 Å². The number of halogens is 4. The Labute approximate surface area is 191 Å². The summed E-state index contributed by atoms with van der Waals surface area (Å²) in [4.78, 5) is 2.36. The average molecular weight is 458 g/mol. The summed E-state index contributed by atoms with van der Waals surface area (Å²) in [5, 5.41) is 9.71. The Balaban J connectivity index is 1.83. The quantitative estimate of drug-likeness (QED) is 0.425. The molecule has 1 N–H and O–H groups in total. The van der Waals surface area contributed by atoms with Gasteiger partial charge in [0.05, 0.1) is 18.2 Å². The molecule has 33 heavy (non-hydrogen) atoms. The van der Waals surface area contributed by atoms with Gasteiger partial charge in [-0.1, -0.05) is 43.3 Å². The van der Waals surface area contributed by atoms with Crippen LogP contribution in [0.1, 0.15) is 48.1 Å². The summed E-state index contributed by atoms with van der Waals surface area (Å²) < 4.78 is 53.0. The fraction of sp³-hybridized carbons (Fsp3) is 0.333. The predicted molar refractivity (Wildman–Crippen MR) is 121 cm³/mol. The molecule has 1 aliphatic rings. The second-order valence-corrected chi connectivity index (χ2v) is 8.83. The first-order valence-corrected chi connectivity index (χ1v) is 11.2. The largest absolute Gasteiger partial charge is 0.416 e. The lowest BCUT2D eigenvalue weighted by Gasteiger charge is -2.38. The molecule has 1 saturated heterocycles. The smallest absolute Gasteiger partial charge is 0.392 e. The minimum atomic E-state index is -4.41. The van der Waals surface area contributed by atoms with Gasteiger partial charge in [0.15, 0.2) is 0 Å². The highest BCUT2D eigenvalue weighted by atomic mass is 19.4. The van der Waals surface area contributed by atoms with E-state index in [0.29, 0.717) is 17.0 Å². The van der Waals surface area contributed by atoms with Crippen molar-refractivity contribution in [3.05, 3.63) is 94.8 Å². The minimum Gasteiger partial charge on any atom is -0.392 e. The molecule has 4 rings (SSSR count). The molecule has 1 aliphatic heterocycles. The van der Waals surface area contributed by atoms with Crippen molar-refractivity contribution in [1.29, 1.82) is 0 Å². The zero-order valence-corrected chi connectivity index (χ0v) is 18.4. The molecule has 0 saturated carbocycles. The zero-order chi connectivity index (χ0) is 23.6. The van der Waals surface area contributed by atoms with E-state index in [0.717, 1.165) is 54.8 Å². The summed E-state index contributed by atoms with van der Waals surface area (Å²) in [6, 6.07) is 17.0. The molecule has 0 amide bonds. The first-order chi connectivity index (χ1) is 15.8. The first-order valence-electron chi connectivity index (χ1n) is 11.2. The predicted octanol–water partition coefficient (Wildman–Crippen LogP) is 6.83. The average Bonchev–Trinajstić information content (AvgIpc) is 2.81. The molecule has 1 heterocycles. The van der Waals surface area contributed by atoms with E-state index in [9.17, 15) is 22.7 Å². The minimum absolute atomic E-state index is 0.170. The Kier molecular flexibility index (Phi) is 6.86.